The summed E-state index contributed by atoms with van der Waals surface area (Å²) >= 11 is 5.97. The lowest BCUT2D eigenvalue weighted by atomic mass is 10.1. The molecule has 2 N–H and O–H groups in total. The molecule has 1 aliphatic rings. The van der Waals surface area contributed by atoms with E-state index in [2.05, 4.69) is 10.6 Å². The fourth-order valence-corrected chi connectivity index (χ4v) is 2.67. The summed E-state index contributed by atoms with van der Waals surface area (Å²) < 4.78 is 13.5. The first-order valence-corrected chi connectivity index (χ1v) is 7.10. The number of hydrogen-bond donors (Lipinski definition) is 2. The van der Waals surface area contributed by atoms with Crippen LogP contribution >= 0.6 is 11.6 Å². The Hall–Kier alpha value is -1.91. The summed E-state index contributed by atoms with van der Waals surface area (Å²) in [4.78, 5) is 12.0. The summed E-state index contributed by atoms with van der Waals surface area (Å²) in [6.45, 7) is 0.505. The van der Waals surface area contributed by atoms with E-state index in [9.17, 15) is 9.18 Å². The maximum Gasteiger partial charge on any atom is 0.246 e. The Balaban J connectivity index is 1.68. The molecule has 21 heavy (non-hydrogen) atoms. The molecule has 108 valence electrons. The molecule has 3 nitrogen and oxygen atoms in total. The first-order valence-electron chi connectivity index (χ1n) is 6.72. The number of benzene rings is 2. The van der Waals surface area contributed by atoms with Crippen LogP contribution in [0.3, 0.4) is 0 Å². The van der Waals surface area contributed by atoms with Crippen molar-refractivity contribution < 1.29 is 9.18 Å². The van der Waals surface area contributed by atoms with E-state index < -0.39 is 6.04 Å². The molecule has 1 atom stereocenters. The highest BCUT2D eigenvalue weighted by Gasteiger charge is 2.29. The summed E-state index contributed by atoms with van der Waals surface area (Å²) in [5.74, 6) is -0.334. The van der Waals surface area contributed by atoms with Crippen LogP contribution in [-0.2, 0) is 11.2 Å². The van der Waals surface area contributed by atoms with E-state index in [1.807, 2.05) is 0 Å². The van der Waals surface area contributed by atoms with E-state index in [1.165, 1.54) is 6.07 Å². The minimum atomic E-state index is -0.439. The van der Waals surface area contributed by atoms with Crippen LogP contribution in [0.2, 0.25) is 5.02 Å². The number of nitrogens with one attached hydrogen (secondary N) is 2. The summed E-state index contributed by atoms with van der Waals surface area (Å²) in [7, 11) is 0. The number of carbonyl (C=O) groups is 1. The van der Waals surface area contributed by atoms with Crippen LogP contribution in [0.15, 0.2) is 42.5 Å². The Kier molecular flexibility index (Phi) is 3.90. The molecular weight excluding hydrogens is 291 g/mol. The minimum Gasteiger partial charge on any atom is -0.324 e. The first-order chi connectivity index (χ1) is 10.1. The molecule has 0 radical (unpaired) electrons. The van der Waals surface area contributed by atoms with Crippen molar-refractivity contribution >= 4 is 23.2 Å². The zero-order chi connectivity index (χ0) is 14.8. The lowest BCUT2D eigenvalue weighted by Crippen LogP contribution is -2.29. The van der Waals surface area contributed by atoms with E-state index in [1.54, 1.807) is 36.4 Å². The number of amides is 1. The number of fused-ring (bicyclic) bond motifs is 1. The predicted molar refractivity (Wildman–Crippen MR) is 80.9 cm³/mol. The zero-order valence-electron chi connectivity index (χ0n) is 11.2. The van der Waals surface area contributed by atoms with Crippen LogP contribution < -0.4 is 10.6 Å². The Bertz CT molecular complexity index is 690. The van der Waals surface area contributed by atoms with E-state index in [4.69, 9.17) is 11.6 Å². The molecule has 0 bridgehead atoms. The Labute approximate surface area is 127 Å². The van der Waals surface area contributed by atoms with Gasteiger partial charge in [0.15, 0.2) is 0 Å². The fourth-order valence-electron chi connectivity index (χ4n) is 2.49. The molecule has 0 saturated carbocycles. The molecule has 0 fully saturated rings. The molecule has 1 unspecified atom stereocenters. The number of anilines is 1. The van der Waals surface area contributed by atoms with Gasteiger partial charge in [0.2, 0.25) is 5.91 Å². The van der Waals surface area contributed by atoms with Crippen LogP contribution in [0.4, 0.5) is 10.1 Å². The highest BCUT2D eigenvalue weighted by Crippen LogP contribution is 2.32. The van der Waals surface area contributed by atoms with Crippen molar-refractivity contribution in [3.63, 3.8) is 0 Å². The van der Waals surface area contributed by atoms with Crippen LogP contribution in [0.5, 0.6) is 0 Å². The fraction of sp³-hybridized carbons (Fsp3) is 0.188. The second-order valence-electron chi connectivity index (χ2n) is 4.95. The van der Waals surface area contributed by atoms with Crippen molar-refractivity contribution in [2.24, 2.45) is 0 Å². The predicted octanol–water partition coefficient (Wildman–Crippen LogP) is 3.30. The van der Waals surface area contributed by atoms with Crippen molar-refractivity contribution in [3.05, 3.63) is 64.4 Å². The molecule has 1 aliphatic heterocycles. The second-order valence-corrected chi connectivity index (χ2v) is 5.39. The summed E-state index contributed by atoms with van der Waals surface area (Å²) in [6.07, 6.45) is 0.520. The standard InChI is InChI=1S/C16H14ClFN2O/c17-11-5-6-14-12(9-11)15(16(21)20-14)19-8-7-10-3-1-2-4-13(10)18/h1-6,9,15,19H,7-8H2,(H,20,21). The van der Waals surface area contributed by atoms with Gasteiger partial charge >= 0.3 is 0 Å². The van der Waals surface area contributed by atoms with E-state index in [0.717, 1.165) is 11.3 Å². The lowest BCUT2D eigenvalue weighted by Gasteiger charge is -2.12. The molecule has 0 aliphatic carbocycles. The molecule has 5 heteroatoms. The van der Waals surface area contributed by atoms with E-state index in [-0.39, 0.29) is 11.7 Å². The highest BCUT2D eigenvalue weighted by molar-refractivity contribution is 6.31. The van der Waals surface area contributed by atoms with Gasteiger partial charge in [-0.05, 0) is 36.2 Å². The molecule has 1 heterocycles. The van der Waals surface area contributed by atoms with Gasteiger partial charge in [0, 0.05) is 22.8 Å². The van der Waals surface area contributed by atoms with Crippen molar-refractivity contribution in [2.75, 3.05) is 11.9 Å². The van der Waals surface area contributed by atoms with Crippen molar-refractivity contribution in [3.8, 4) is 0 Å². The van der Waals surface area contributed by atoms with Crippen LogP contribution in [-0.4, -0.2) is 12.5 Å². The van der Waals surface area contributed by atoms with Crippen molar-refractivity contribution in [1.82, 2.24) is 5.32 Å². The average Bonchev–Trinajstić information content (AvgIpc) is 2.77. The average molecular weight is 305 g/mol. The Morgan fingerprint density at radius 3 is 2.86 bits per heavy atom. The van der Waals surface area contributed by atoms with Crippen LogP contribution in [0, 0.1) is 5.82 Å². The van der Waals surface area contributed by atoms with Gasteiger partial charge in [0.25, 0.3) is 0 Å². The topological polar surface area (TPSA) is 41.1 Å². The highest BCUT2D eigenvalue weighted by atomic mass is 35.5. The van der Waals surface area contributed by atoms with Gasteiger partial charge in [-0.1, -0.05) is 29.8 Å². The van der Waals surface area contributed by atoms with Crippen molar-refractivity contribution in [1.29, 1.82) is 0 Å². The van der Waals surface area contributed by atoms with Gasteiger partial charge < -0.3 is 10.6 Å². The largest absolute Gasteiger partial charge is 0.324 e. The molecular formula is C16H14ClFN2O. The third kappa shape index (κ3) is 2.91. The van der Waals surface area contributed by atoms with E-state index in [0.29, 0.717) is 23.6 Å². The Morgan fingerprint density at radius 1 is 1.24 bits per heavy atom. The monoisotopic (exact) mass is 304 g/mol. The van der Waals surface area contributed by atoms with Gasteiger partial charge in [-0.3, -0.25) is 4.79 Å². The van der Waals surface area contributed by atoms with Crippen LogP contribution in [0.25, 0.3) is 0 Å². The SMILES string of the molecule is O=C1Nc2ccc(Cl)cc2C1NCCc1ccccc1F. The van der Waals surface area contributed by atoms with Gasteiger partial charge in [0.1, 0.15) is 11.9 Å². The lowest BCUT2D eigenvalue weighted by molar-refractivity contribution is -0.117. The molecule has 3 rings (SSSR count). The quantitative estimate of drug-likeness (QED) is 0.910. The smallest absolute Gasteiger partial charge is 0.246 e. The molecule has 0 spiro atoms. The van der Waals surface area contributed by atoms with Gasteiger partial charge in [-0.25, -0.2) is 4.39 Å². The van der Waals surface area contributed by atoms with Gasteiger partial charge in [-0.2, -0.15) is 0 Å². The van der Waals surface area contributed by atoms with E-state index >= 15 is 0 Å². The third-order valence-electron chi connectivity index (χ3n) is 3.55. The number of hydrogen-bond acceptors (Lipinski definition) is 2. The summed E-state index contributed by atoms with van der Waals surface area (Å²) in [6, 6.07) is 11.5. The van der Waals surface area contributed by atoms with Crippen molar-refractivity contribution in [2.45, 2.75) is 12.5 Å². The summed E-state index contributed by atoms with van der Waals surface area (Å²) in [5.41, 5.74) is 2.24. The maximum absolute atomic E-state index is 13.5. The third-order valence-corrected chi connectivity index (χ3v) is 3.78. The number of rotatable bonds is 4. The maximum atomic E-state index is 13.5. The normalized spacial score (nSPS) is 16.7. The molecule has 2 aromatic rings. The first kappa shape index (κ1) is 14.0. The molecule has 2 aromatic carbocycles. The minimum absolute atomic E-state index is 0.110. The van der Waals surface area contributed by atoms with Gasteiger partial charge in [0.05, 0.1) is 0 Å². The number of carbonyl (C=O) groups excluding carboxylic acids is 1. The summed E-state index contributed by atoms with van der Waals surface area (Å²) in [5, 5.41) is 6.54. The second kappa shape index (κ2) is 5.84. The number of halogens is 2. The Morgan fingerprint density at radius 2 is 2.05 bits per heavy atom. The molecule has 1 amide bonds. The zero-order valence-corrected chi connectivity index (χ0v) is 12.0. The van der Waals surface area contributed by atoms with Gasteiger partial charge in [-0.15, -0.1) is 0 Å². The molecule has 0 aromatic heterocycles. The van der Waals surface area contributed by atoms with Crippen LogP contribution in [0.1, 0.15) is 17.2 Å². The molecule has 0 saturated heterocycles.